The standard InChI is InChI=1S/C11H21NO/c1-4-6-10-7-8-11(9(3)13)12(10)5-2/h10-11H,4-8H2,1-3H3. The minimum atomic E-state index is 0.224. The molecule has 0 spiro atoms. The molecule has 1 fully saturated rings. The van der Waals surface area contributed by atoms with Gasteiger partial charge in [-0.15, -0.1) is 0 Å². The molecular weight excluding hydrogens is 162 g/mol. The number of rotatable bonds is 4. The van der Waals surface area contributed by atoms with Crippen LogP contribution in [-0.4, -0.2) is 29.3 Å². The highest BCUT2D eigenvalue weighted by molar-refractivity contribution is 5.81. The highest BCUT2D eigenvalue weighted by Crippen LogP contribution is 2.27. The summed E-state index contributed by atoms with van der Waals surface area (Å²) in [6, 6.07) is 0.894. The molecule has 0 N–H and O–H groups in total. The summed E-state index contributed by atoms with van der Waals surface area (Å²) in [5, 5.41) is 0. The molecule has 1 saturated heterocycles. The van der Waals surface area contributed by atoms with Crippen LogP contribution < -0.4 is 0 Å². The van der Waals surface area contributed by atoms with E-state index in [2.05, 4.69) is 18.7 Å². The average molecular weight is 183 g/mol. The zero-order valence-corrected chi connectivity index (χ0v) is 9.05. The summed E-state index contributed by atoms with van der Waals surface area (Å²) in [6.07, 6.45) is 4.77. The molecule has 2 heteroatoms. The van der Waals surface area contributed by atoms with Crippen molar-refractivity contribution >= 4 is 5.78 Å². The van der Waals surface area contributed by atoms with Crippen molar-refractivity contribution in [3.05, 3.63) is 0 Å². The summed E-state index contributed by atoms with van der Waals surface area (Å²) in [6.45, 7) is 7.12. The van der Waals surface area contributed by atoms with Crippen LogP contribution in [0.3, 0.4) is 0 Å². The van der Waals surface area contributed by atoms with E-state index in [-0.39, 0.29) is 6.04 Å². The first kappa shape index (κ1) is 10.7. The van der Waals surface area contributed by atoms with Gasteiger partial charge in [-0.2, -0.15) is 0 Å². The molecule has 13 heavy (non-hydrogen) atoms. The molecule has 0 aliphatic carbocycles. The van der Waals surface area contributed by atoms with Gasteiger partial charge in [0.25, 0.3) is 0 Å². The van der Waals surface area contributed by atoms with Gasteiger partial charge in [0.1, 0.15) is 5.78 Å². The van der Waals surface area contributed by atoms with Crippen molar-refractivity contribution in [2.75, 3.05) is 6.54 Å². The van der Waals surface area contributed by atoms with Crippen molar-refractivity contribution in [3.63, 3.8) is 0 Å². The predicted octanol–water partition coefficient (Wildman–Crippen LogP) is 2.23. The first-order valence-electron chi connectivity index (χ1n) is 5.46. The van der Waals surface area contributed by atoms with Gasteiger partial charge in [-0.25, -0.2) is 0 Å². The fourth-order valence-electron chi connectivity index (χ4n) is 2.50. The van der Waals surface area contributed by atoms with E-state index in [1.54, 1.807) is 6.92 Å². The summed E-state index contributed by atoms with van der Waals surface area (Å²) in [5.74, 6) is 0.348. The van der Waals surface area contributed by atoms with Crippen LogP contribution in [0.15, 0.2) is 0 Å². The number of Topliss-reactive ketones (excluding diaryl/α,β-unsaturated/α-hetero) is 1. The second kappa shape index (κ2) is 4.75. The molecule has 0 saturated carbocycles. The van der Waals surface area contributed by atoms with E-state index in [0.717, 1.165) is 13.0 Å². The van der Waals surface area contributed by atoms with Crippen LogP contribution in [0.5, 0.6) is 0 Å². The Morgan fingerprint density at radius 2 is 2.08 bits per heavy atom. The second-order valence-corrected chi connectivity index (χ2v) is 3.98. The Balaban J connectivity index is 2.57. The Bertz CT molecular complexity index is 179. The van der Waals surface area contributed by atoms with Gasteiger partial charge in [-0.3, -0.25) is 9.69 Å². The topological polar surface area (TPSA) is 20.3 Å². The van der Waals surface area contributed by atoms with Crippen molar-refractivity contribution in [3.8, 4) is 0 Å². The lowest BCUT2D eigenvalue weighted by Gasteiger charge is -2.27. The SMILES string of the molecule is CCCC1CCC(C(C)=O)N1CC. The third-order valence-corrected chi connectivity index (χ3v) is 3.10. The van der Waals surface area contributed by atoms with Gasteiger partial charge in [0.15, 0.2) is 0 Å². The molecule has 0 bridgehead atoms. The Morgan fingerprint density at radius 1 is 1.38 bits per heavy atom. The minimum absolute atomic E-state index is 0.224. The Hall–Kier alpha value is -0.370. The molecule has 0 radical (unpaired) electrons. The van der Waals surface area contributed by atoms with E-state index in [9.17, 15) is 4.79 Å². The fraction of sp³-hybridized carbons (Fsp3) is 0.909. The van der Waals surface area contributed by atoms with E-state index in [0.29, 0.717) is 11.8 Å². The molecule has 2 nitrogen and oxygen atoms in total. The lowest BCUT2D eigenvalue weighted by molar-refractivity contribution is -0.121. The van der Waals surface area contributed by atoms with Gasteiger partial charge in [0.05, 0.1) is 6.04 Å². The molecule has 0 aromatic rings. The average Bonchev–Trinajstić information content (AvgIpc) is 2.48. The van der Waals surface area contributed by atoms with Crippen molar-refractivity contribution in [2.45, 2.75) is 58.5 Å². The molecule has 0 amide bonds. The van der Waals surface area contributed by atoms with Crippen LogP contribution in [-0.2, 0) is 4.79 Å². The molecule has 76 valence electrons. The molecule has 1 aliphatic heterocycles. The molecule has 2 unspecified atom stereocenters. The molecule has 2 atom stereocenters. The van der Waals surface area contributed by atoms with E-state index in [4.69, 9.17) is 0 Å². The summed E-state index contributed by atoms with van der Waals surface area (Å²) >= 11 is 0. The maximum absolute atomic E-state index is 11.3. The predicted molar refractivity (Wildman–Crippen MR) is 54.8 cm³/mol. The molecule has 1 rings (SSSR count). The van der Waals surface area contributed by atoms with Gasteiger partial charge in [-0.1, -0.05) is 20.3 Å². The maximum atomic E-state index is 11.3. The van der Waals surface area contributed by atoms with Crippen LogP contribution in [0.1, 0.15) is 46.5 Å². The summed E-state index contributed by atoms with van der Waals surface area (Å²) in [4.78, 5) is 13.7. The number of hydrogen-bond donors (Lipinski definition) is 0. The maximum Gasteiger partial charge on any atom is 0.146 e. The van der Waals surface area contributed by atoms with E-state index in [1.807, 2.05) is 0 Å². The summed E-state index contributed by atoms with van der Waals surface area (Å²) < 4.78 is 0. The third-order valence-electron chi connectivity index (χ3n) is 3.10. The van der Waals surface area contributed by atoms with Crippen LogP contribution in [0.25, 0.3) is 0 Å². The summed E-state index contributed by atoms with van der Waals surface area (Å²) in [7, 11) is 0. The fourth-order valence-corrected chi connectivity index (χ4v) is 2.50. The third kappa shape index (κ3) is 2.31. The summed E-state index contributed by atoms with van der Waals surface area (Å²) in [5.41, 5.74) is 0. The molecule has 0 aromatic heterocycles. The zero-order chi connectivity index (χ0) is 9.84. The number of carbonyl (C=O) groups is 1. The lowest BCUT2D eigenvalue weighted by Crippen LogP contribution is -2.39. The largest absolute Gasteiger partial charge is 0.298 e. The van der Waals surface area contributed by atoms with Crippen LogP contribution in [0, 0.1) is 0 Å². The van der Waals surface area contributed by atoms with Gasteiger partial charge in [-0.05, 0) is 32.7 Å². The second-order valence-electron chi connectivity index (χ2n) is 3.98. The number of likely N-dealkylation sites (N-methyl/N-ethyl adjacent to an activating group) is 1. The number of carbonyl (C=O) groups excluding carboxylic acids is 1. The van der Waals surface area contributed by atoms with Gasteiger partial charge in [0, 0.05) is 6.04 Å². The first-order valence-corrected chi connectivity index (χ1v) is 5.46. The van der Waals surface area contributed by atoms with E-state index in [1.165, 1.54) is 19.3 Å². The van der Waals surface area contributed by atoms with Crippen LogP contribution >= 0.6 is 0 Å². The highest BCUT2D eigenvalue weighted by Gasteiger charge is 2.33. The molecular formula is C11H21NO. The van der Waals surface area contributed by atoms with Crippen molar-refractivity contribution < 1.29 is 4.79 Å². The van der Waals surface area contributed by atoms with Crippen molar-refractivity contribution in [1.82, 2.24) is 4.90 Å². The highest BCUT2D eigenvalue weighted by atomic mass is 16.1. The van der Waals surface area contributed by atoms with Crippen molar-refractivity contribution in [2.24, 2.45) is 0 Å². The normalized spacial score (nSPS) is 29.5. The van der Waals surface area contributed by atoms with E-state index >= 15 is 0 Å². The minimum Gasteiger partial charge on any atom is -0.298 e. The smallest absolute Gasteiger partial charge is 0.146 e. The van der Waals surface area contributed by atoms with Crippen LogP contribution in [0.4, 0.5) is 0 Å². The molecule has 1 aliphatic rings. The Labute approximate surface area is 81.3 Å². The monoisotopic (exact) mass is 183 g/mol. The van der Waals surface area contributed by atoms with Gasteiger partial charge < -0.3 is 0 Å². The zero-order valence-electron chi connectivity index (χ0n) is 9.05. The number of ketones is 1. The number of hydrogen-bond acceptors (Lipinski definition) is 2. The first-order chi connectivity index (χ1) is 6.20. The number of likely N-dealkylation sites (tertiary alicyclic amines) is 1. The quantitative estimate of drug-likeness (QED) is 0.666. The van der Waals surface area contributed by atoms with Crippen LogP contribution in [0.2, 0.25) is 0 Å². The number of nitrogens with zero attached hydrogens (tertiary/aromatic N) is 1. The molecule has 0 aromatic carbocycles. The Kier molecular flexibility index (Phi) is 3.91. The van der Waals surface area contributed by atoms with Gasteiger partial charge in [0.2, 0.25) is 0 Å². The lowest BCUT2D eigenvalue weighted by atomic mass is 10.1. The van der Waals surface area contributed by atoms with Crippen molar-refractivity contribution in [1.29, 1.82) is 0 Å². The van der Waals surface area contributed by atoms with Gasteiger partial charge >= 0.3 is 0 Å². The van der Waals surface area contributed by atoms with E-state index < -0.39 is 0 Å². The molecule has 1 heterocycles. The Morgan fingerprint density at radius 3 is 2.54 bits per heavy atom.